The molecule has 0 amide bonds. The highest BCUT2D eigenvalue weighted by molar-refractivity contribution is 7.47. The smallest absolute Gasteiger partial charge is 0.462 e. The maximum atomic E-state index is 12.9. The van der Waals surface area contributed by atoms with Crippen molar-refractivity contribution in [3.63, 3.8) is 0 Å². The van der Waals surface area contributed by atoms with E-state index in [0.717, 1.165) is 103 Å². The van der Waals surface area contributed by atoms with E-state index in [1.54, 1.807) is 6.08 Å². The van der Waals surface area contributed by atoms with Gasteiger partial charge in [-0.3, -0.25) is 23.4 Å². The van der Waals surface area contributed by atoms with E-state index in [1.165, 1.54) is 0 Å². The summed E-state index contributed by atoms with van der Waals surface area (Å²) in [6, 6.07) is 0. The van der Waals surface area contributed by atoms with E-state index in [1.807, 2.05) is 30.4 Å². The van der Waals surface area contributed by atoms with Crippen molar-refractivity contribution < 1.29 is 52.2 Å². The Kier molecular flexibility index (Phi) is 50.3. The standard InChI is InChI=1S/C62H93O11P/c1-4-7-10-13-16-19-22-25-27-28-29-30-32-35-38-41-44-47-50-53-62(66)73-59(55-69-60(64)51-48-45-42-39-36-33-24-21-18-15-12-9-6-3)57-71-74(67,68)70-56-58(54-63)72-61(65)52-49-46-43-40-37-34-31-26-23-20-17-14-11-8-5-2/h7-12,16-21,25-27,29-31,33,35-38,40,42,45-46,49,58-59,63H,4-6,13-15,22-24,28,32,34,39,41,43-44,47-48,50-57H2,1-3H3,(H,67,68)/b10-7-,11-8-,12-9-,19-16-,20-17-,21-18-,27-25-,30-29-,31-26-,36-33-,38-35-,40-37-,45-42-,49-46-. The van der Waals surface area contributed by atoms with Gasteiger partial charge >= 0.3 is 25.7 Å². The zero-order valence-electron chi connectivity index (χ0n) is 45.2. The number of carbonyl (C=O) groups is 3. The highest BCUT2D eigenvalue weighted by Crippen LogP contribution is 2.43. The van der Waals surface area contributed by atoms with Crippen LogP contribution in [0.5, 0.6) is 0 Å². The van der Waals surface area contributed by atoms with Crippen molar-refractivity contribution in [3.05, 3.63) is 170 Å². The fraction of sp³-hybridized carbons (Fsp3) is 0.500. The van der Waals surface area contributed by atoms with Gasteiger partial charge < -0.3 is 24.2 Å². The predicted molar refractivity (Wildman–Crippen MR) is 306 cm³/mol. The van der Waals surface area contributed by atoms with Gasteiger partial charge in [-0.2, -0.15) is 0 Å². The van der Waals surface area contributed by atoms with Crippen LogP contribution in [0.4, 0.5) is 0 Å². The third kappa shape index (κ3) is 51.7. The lowest BCUT2D eigenvalue weighted by molar-refractivity contribution is -0.161. The monoisotopic (exact) mass is 1040 g/mol. The summed E-state index contributed by atoms with van der Waals surface area (Å²) >= 11 is 0. The van der Waals surface area contributed by atoms with Crippen LogP contribution in [0, 0.1) is 0 Å². The SMILES string of the molecule is CC/C=C\C/C=C\C/C=C\C/C=C\C/C=C\CCCCCC(=O)OC(COC(=O)CC/C=C\C/C=C\C/C=C\C/C=C\CC)COP(=O)(O)OCC(CO)OC(=O)C/C=C\C/C=C\C/C=C\C/C=C\C/C=C\CC. The second-order valence-electron chi connectivity index (χ2n) is 16.9. The molecule has 0 aromatic heterocycles. The quantitative estimate of drug-likeness (QED) is 0.0197. The Balaban J connectivity index is 4.98. The number of aliphatic hydroxyl groups is 1. The van der Waals surface area contributed by atoms with E-state index in [-0.39, 0.29) is 19.3 Å². The van der Waals surface area contributed by atoms with Gasteiger partial charge in [0.2, 0.25) is 0 Å². The van der Waals surface area contributed by atoms with Crippen LogP contribution in [0.3, 0.4) is 0 Å². The van der Waals surface area contributed by atoms with Crippen LogP contribution >= 0.6 is 7.82 Å². The summed E-state index contributed by atoms with van der Waals surface area (Å²) in [5, 5.41) is 9.78. The number of hydrogen-bond donors (Lipinski definition) is 2. The topological polar surface area (TPSA) is 155 Å². The van der Waals surface area contributed by atoms with Gasteiger partial charge in [0.25, 0.3) is 0 Å². The molecule has 0 aliphatic rings. The van der Waals surface area contributed by atoms with Crippen molar-refractivity contribution in [2.75, 3.05) is 26.4 Å². The summed E-state index contributed by atoms with van der Waals surface area (Å²) in [7, 11) is -4.81. The van der Waals surface area contributed by atoms with Gasteiger partial charge in [0.1, 0.15) is 12.7 Å². The Bertz CT molecular complexity index is 1890. The van der Waals surface area contributed by atoms with Crippen LogP contribution in [-0.2, 0) is 42.2 Å². The molecule has 0 aromatic carbocycles. The Hall–Kier alpha value is -5.16. The third-order valence-electron chi connectivity index (χ3n) is 10.2. The second-order valence-corrected chi connectivity index (χ2v) is 18.4. The summed E-state index contributed by atoms with van der Waals surface area (Å²) in [6.07, 6.45) is 72.2. The summed E-state index contributed by atoms with van der Waals surface area (Å²) in [5.74, 6) is -1.77. The van der Waals surface area contributed by atoms with Crippen molar-refractivity contribution >= 4 is 25.7 Å². The van der Waals surface area contributed by atoms with Gasteiger partial charge in [0, 0.05) is 12.8 Å². The number of aliphatic hydroxyl groups excluding tert-OH is 1. The average Bonchev–Trinajstić information content (AvgIpc) is 3.39. The summed E-state index contributed by atoms with van der Waals surface area (Å²) in [6.45, 7) is 4.02. The lowest BCUT2D eigenvalue weighted by Gasteiger charge is -2.21. The Morgan fingerprint density at radius 1 is 0.392 bits per heavy atom. The number of allylic oxidation sites excluding steroid dienone is 27. The van der Waals surface area contributed by atoms with E-state index >= 15 is 0 Å². The molecule has 0 saturated carbocycles. The van der Waals surface area contributed by atoms with E-state index in [2.05, 4.69) is 154 Å². The molecule has 0 heterocycles. The van der Waals surface area contributed by atoms with Gasteiger partial charge in [-0.1, -0.05) is 197 Å². The zero-order valence-corrected chi connectivity index (χ0v) is 46.1. The highest BCUT2D eigenvalue weighted by Gasteiger charge is 2.28. The lowest BCUT2D eigenvalue weighted by Crippen LogP contribution is -2.30. The minimum absolute atomic E-state index is 0.0726. The molecule has 2 N–H and O–H groups in total. The first-order valence-electron chi connectivity index (χ1n) is 27.0. The van der Waals surface area contributed by atoms with E-state index in [9.17, 15) is 28.9 Å². The molecule has 3 unspecified atom stereocenters. The number of ether oxygens (including phenoxy) is 3. The number of hydrogen-bond acceptors (Lipinski definition) is 10. The fourth-order valence-corrected chi connectivity index (χ4v) is 6.96. The zero-order chi connectivity index (χ0) is 54.1. The van der Waals surface area contributed by atoms with E-state index in [0.29, 0.717) is 19.3 Å². The van der Waals surface area contributed by atoms with Gasteiger partial charge in [-0.05, 0) is 116 Å². The number of rotatable bonds is 47. The van der Waals surface area contributed by atoms with Gasteiger partial charge in [0.15, 0.2) is 6.10 Å². The molecular formula is C62H93O11P. The van der Waals surface area contributed by atoms with Crippen LogP contribution in [0.25, 0.3) is 0 Å². The molecule has 412 valence electrons. The van der Waals surface area contributed by atoms with Crippen molar-refractivity contribution in [2.45, 2.75) is 174 Å². The van der Waals surface area contributed by atoms with Gasteiger partial charge in [0.05, 0.1) is 26.2 Å². The van der Waals surface area contributed by atoms with Crippen LogP contribution in [0.2, 0.25) is 0 Å². The normalized spacial score (nSPS) is 14.7. The molecule has 3 atom stereocenters. The molecule has 0 aliphatic heterocycles. The highest BCUT2D eigenvalue weighted by atomic mass is 31.2. The summed E-state index contributed by atoms with van der Waals surface area (Å²) in [4.78, 5) is 48.3. The Morgan fingerprint density at radius 2 is 0.743 bits per heavy atom. The minimum Gasteiger partial charge on any atom is -0.462 e. The summed E-state index contributed by atoms with van der Waals surface area (Å²) < 4.78 is 39.2. The minimum atomic E-state index is -4.81. The molecule has 0 aromatic rings. The van der Waals surface area contributed by atoms with Crippen molar-refractivity contribution in [2.24, 2.45) is 0 Å². The van der Waals surface area contributed by atoms with Crippen LogP contribution in [-0.4, -0.2) is 66.5 Å². The van der Waals surface area contributed by atoms with Crippen molar-refractivity contribution in [1.82, 2.24) is 0 Å². The second kappa shape index (κ2) is 54.1. The van der Waals surface area contributed by atoms with E-state index < -0.39 is 64.4 Å². The average molecular weight is 1050 g/mol. The van der Waals surface area contributed by atoms with Crippen LogP contribution in [0.15, 0.2) is 170 Å². The number of unbranched alkanes of at least 4 members (excludes halogenated alkanes) is 3. The third-order valence-corrected chi connectivity index (χ3v) is 11.1. The Morgan fingerprint density at radius 3 is 1.15 bits per heavy atom. The molecule has 0 rings (SSSR count). The number of carbonyl (C=O) groups excluding carboxylic acids is 3. The molecular weight excluding hydrogens is 952 g/mol. The molecule has 74 heavy (non-hydrogen) atoms. The molecule has 0 radical (unpaired) electrons. The molecule has 0 bridgehead atoms. The number of esters is 3. The molecule has 0 fully saturated rings. The molecule has 12 heteroatoms. The van der Waals surface area contributed by atoms with Crippen molar-refractivity contribution in [1.29, 1.82) is 0 Å². The first-order valence-corrected chi connectivity index (χ1v) is 28.5. The largest absolute Gasteiger partial charge is 0.472 e. The maximum absolute atomic E-state index is 12.9. The molecule has 0 saturated heterocycles. The lowest BCUT2D eigenvalue weighted by atomic mass is 10.1. The molecule has 11 nitrogen and oxygen atoms in total. The molecule has 0 aliphatic carbocycles. The van der Waals surface area contributed by atoms with E-state index in [4.69, 9.17) is 23.3 Å². The van der Waals surface area contributed by atoms with Gasteiger partial charge in [-0.25, -0.2) is 4.57 Å². The van der Waals surface area contributed by atoms with Crippen LogP contribution in [0.1, 0.15) is 162 Å². The summed E-state index contributed by atoms with van der Waals surface area (Å²) in [5.41, 5.74) is 0. The maximum Gasteiger partial charge on any atom is 0.472 e. The number of phosphoric ester groups is 1. The van der Waals surface area contributed by atoms with Crippen molar-refractivity contribution in [3.8, 4) is 0 Å². The predicted octanol–water partition coefficient (Wildman–Crippen LogP) is 15.9. The Labute approximate surface area is 447 Å². The molecule has 0 spiro atoms. The van der Waals surface area contributed by atoms with Gasteiger partial charge in [-0.15, -0.1) is 0 Å². The number of phosphoric acid groups is 1. The first kappa shape index (κ1) is 68.8. The fourth-order valence-electron chi connectivity index (χ4n) is 6.17. The first-order chi connectivity index (χ1) is 36.2. The van der Waals surface area contributed by atoms with Crippen LogP contribution < -0.4 is 0 Å².